The minimum Gasteiger partial charge on any atom is -0.396 e. The Morgan fingerprint density at radius 1 is 1.46 bits per heavy atom. The third-order valence-corrected chi connectivity index (χ3v) is 3.33. The molecule has 13 heavy (non-hydrogen) atoms. The van der Waals surface area contributed by atoms with Crippen molar-refractivity contribution in [3.05, 3.63) is 0 Å². The van der Waals surface area contributed by atoms with Gasteiger partial charge in [-0.2, -0.15) is 0 Å². The molecule has 0 spiro atoms. The summed E-state index contributed by atoms with van der Waals surface area (Å²) in [5, 5.41) is 8.97. The molecule has 1 aliphatic rings. The molecule has 1 fully saturated rings. The molecule has 0 saturated carbocycles. The molecule has 0 amide bonds. The third-order valence-electron chi connectivity index (χ3n) is 2.80. The van der Waals surface area contributed by atoms with Crippen LogP contribution in [0.2, 0.25) is 0 Å². The highest BCUT2D eigenvalue weighted by Crippen LogP contribution is 2.17. The summed E-state index contributed by atoms with van der Waals surface area (Å²) in [5.41, 5.74) is 0. The van der Waals surface area contributed by atoms with Crippen LogP contribution in [0.25, 0.3) is 0 Å². The van der Waals surface area contributed by atoms with E-state index in [1.807, 2.05) is 0 Å². The first-order chi connectivity index (χ1) is 6.26. The van der Waals surface area contributed by atoms with Crippen molar-refractivity contribution in [2.24, 2.45) is 11.8 Å². The number of aliphatic hydroxyl groups is 1. The zero-order chi connectivity index (χ0) is 9.68. The second kappa shape index (κ2) is 5.84. The Morgan fingerprint density at radius 2 is 2.08 bits per heavy atom. The molecule has 0 aromatic heterocycles. The van der Waals surface area contributed by atoms with Crippen molar-refractivity contribution in [3.8, 4) is 0 Å². The molecule has 1 unspecified atom stereocenters. The minimum atomic E-state index is 0.360. The normalized spacial score (nSPS) is 23.3. The fourth-order valence-corrected chi connectivity index (χ4v) is 1.94. The molecule has 1 N–H and O–H groups in total. The Hall–Kier alpha value is 0.210. The summed E-state index contributed by atoms with van der Waals surface area (Å²) in [5.74, 6) is 1.88. The molecule has 2 nitrogen and oxygen atoms in total. The van der Waals surface area contributed by atoms with E-state index in [0.29, 0.717) is 18.4 Å². The number of nitrogens with zero attached hydrogens (tertiary/aromatic N) is 1. The van der Waals surface area contributed by atoms with Crippen LogP contribution in [0.1, 0.15) is 19.8 Å². The molecule has 1 saturated heterocycles. The van der Waals surface area contributed by atoms with Crippen molar-refractivity contribution in [2.75, 3.05) is 32.1 Å². The van der Waals surface area contributed by atoms with Crippen LogP contribution in [0.4, 0.5) is 0 Å². The lowest BCUT2D eigenvalue weighted by Gasteiger charge is -2.32. The van der Waals surface area contributed by atoms with Gasteiger partial charge in [0.25, 0.3) is 0 Å². The molecule has 0 aliphatic carbocycles. The monoisotopic (exact) mass is 205 g/mol. The molecule has 0 bridgehead atoms. The van der Waals surface area contributed by atoms with Crippen LogP contribution in [-0.2, 0) is 0 Å². The molecule has 0 aromatic carbocycles. The van der Waals surface area contributed by atoms with Crippen LogP contribution < -0.4 is 0 Å². The molecule has 78 valence electrons. The van der Waals surface area contributed by atoms with Crippen molar-refractivity contribution in [1.29, 1.82) is 0 Å². The van der Waals surface area contributed by atoms with E-state index in [9.17, 15) is 0 Å². The molecule has 0 radical (unpaired) electrons. The Kier molecular flexibility index (Phi) is 5.07. The predicted molar refractivity (Wildman–Crippen MR) is 56.1 cm³/mol. The molecular weight excluding hydrogens is 186 g/mol. The lowest BCUT2D eigenvalue weighted by Crippen LogP contribution is -2.37. The maximum absolute atomic E-state index is 8.97. The Bertz CT molecular complexity index is 135. The number of hydrogen-bond acceptors (Lipinski definition) is 2. The molecule has 1 heterocycles. The highest BCUT2D eigenvalue weighted by atomic mass is 35.5. The number of aliphatic hydroxyl groups excluding tert-OH is 1. The van der Waals surface area contributed by atoms with Crippen LogP contribution in [0.5, 0.6) is 0 Å². The van der Waals surface area contributed by atoms with Crippen LogP contribution in [-0.4, -0.2) is 42.1 Å². The average molecular weight is 206 g/mol. The Balaban J connectivity index is 2.17. The van der Waals surface area contributed by atoms with E-state index in [4.69, 9.17) is 16.7 Å². The van der Waals surface area contributed by atoms with Gasteiger partial charge in [-0.25, -0.2) is 0 Å². The topological polar surface area (TPSA) is 23.5 Å². The van der Waals surface area contributed by atoms with Crippen molar-refractivity contribution in [1.82, 2.24) is 4.90 Å². The summed E-state index contributed by atoms with van der Waals surface area (Å²) in [6.45, 7) is 5.92. The summed E-state index contributed by atoms with van der Waals surface area (Å²) in [6, 6.07) is 0. The second-order valence-electron chi connectivity index (χ2n) is 4.19. The first-order valence-electron chi connectivity index (χ1n) is 5.15. The van der Waals surface area contributed by atoms with Gasteiger partial charge in [0.2, 0.25) is 0 Å². The number of halogens is 1. The van der Waals surface area contributed by atoms with Gasteiger partial charge in [0, 0.05) is 19.0 Å². The van der Waals surface area contributed by atoms with E-state index in [2.05, 4.69) is 11.8 Å². The molecule has 1 aliphatic heterocycles. The van der Waals surface area contributed by atoms with Gasteiger partial charge < -0.3 is 10.0 Å². The Labute approximate surface area is 85.9 Å². The van der Waals surface area contributed by atoms with Crippen LogP contribution in [0, 0.1) is 11.8 Å². The lowest BCUT2D eigenvalue weighted by atomic mass is 9.97. The summed E-state index contributed by atoms with van der Waals surface area (Å²) in [6.07, 6.45) is 2.29. The number of rotatable bonds is 4. The highest BCUT2D eigenvalue weighted by Gasteiger charge is 2.19. The van der Waals surface area contributed by atoms with Gasteiger partial charge in [-0.05, 0) is 37.8 Å². The SMILES string of the molecule is CC(CCl)CN1CCC(CO)CC1. The van der Waals surface area contributed by atoms with Crippen LogP contribution in [0.3, 0.4) is 0 Å². The highest BCUT2D eigenvalue weighted by molar-refractivity contribution is 6.18. The summed E-state index contributed by atoms with van der Waals surface area (Å²) < 4.78 is 0. The first kappa shape index (κ1) is 11.3. The van der Waals surface area contributed by atoms with E-state index in [1.54, 1.807) is 0 Å². The average Bonchev–Trinajstić information content (AvgIpc) is 2.19. The zero-order valence-electron chi connectivity index (χ0n) is 8.38. The maximum Gasteiger partial charge on any atom is 0.0460 e. The molecule has 0 aromatic rings. The van der Waals surface area contributed by atoms with Gasteiger partial charge in [-0.3, -0.25) is 0 Å². The van der Waals surface area contributed by atoms with E-state index in [-0.39, 0.29) is 0 Å². The van der Waals surface area contributed by atoms with Gasteiger partial charge >= 0.3 is 0 Å². The Morgan fingerprint density at radius 3 is 2.54 bits per heavy atom. The molecule has 3 heteroatoms. The lowest BCUT2D eigenvalue weighted by molar-refractivity contribution is 0.124. The maximum atomic E-state index is 8.97. The number of likely N-dealkylation sites (tertiary alicyclic amines) is 1. The molecule has 1 rings (SSSR count). The summed E-state index contributed by atoms with van der Waals surface area (Å²) in [4.78, 5) is 2.46. The summed E-state index contributed by atoms with van der Waals surface area (Å²) >= 11 is 5.76. The zero-order valence-corrected chi connectivity index (χ0v) is 9.13. The number of alkyl halides is 1. The largest absolute Gasteiger partial charge is 0.396 e. The van der Waals surface area contributed by atoms with Crippen molar-refractivity contribution in [3.63, 3.8) is 0 Å². The van der Waals surface area contributed by atoms with Crippen LogP contribution >= 0.6 is 11.6 Å². The quantitative estimate of drug-likeness (QED) is 0.705. The van der Waals surface area contributed by atoms with Crippen molar-refractivity contribution >= 4 is 11.6 Å². The van der Waals surface area contributed by atoms with Gasteiger partial charge in [-0.1, -0.05) is 6.92 Å². The number of piperidine rings is 1. The van der Waals surface area contributed by atoms with Gasteiger partial charge in [-0.15, -0.1) is 11.6 Å². The van der Waals surface area contributed by atoms with Gasteiger partial charge in [0.05, 0.1) is 0 Å². The molecular formula is C10H20ClNO. The fraction of sp³-hybridized carbons (Fsp3) is 1.00. The smallest absolute Gasteiger partial charge is 0.0460 e. The first-order valence-corrected chi connectivity index (χ1v) is 5.69. The van der Waals surface area contributed by atoms with E-state index >= 15 is 0 Å². The fourth-order valence-electron chi connectivity index (χ4n) is 1.84. The predicted octanol–water partition coefficient (Wildman–Crippen LogP) is 1.57. The van der Waals surface area contributed by atoms with E-state index in [0.717, 1.165) is 38.4 Å². The third kappa shape index (κ3) is 3.84. The van der Waals surface area contributed by atoms with Gasteiger partial charge in [0.1, 0.15) is 0 Å². The van der Waals surface area contributed by atoms with Gasteiger partial charge in [0.15, 0.2) is 0 Å². The number of hydrogen-bond donors (Lipinski definition) is 1. The molecule has 1 atom stereocenters. The standard InChI is InChI=1S/C10H20ClNO/c1-9(6-11)7-12-4-2-10(8-13)3-5-12/h9-10,13H,2-8H2,1H3. The summed E-state index contributed by atoms with van der Waals surface area (Å²) in [7, 11) is 0. The van der Waals surface area contributed by atoms with Crippen molar-refractivity contribution in [2.45, 2.75) is 19.8 Å². The minimum absolute atomic E-state index is 0.360. The van der Waals surface area contributed by atoms with Crippen LogP contribution in [0.15, 0.2) is 0 Å². The van der Waals surface area contributed by atoms with E-state index < -0.39 is 0 Å². The second-order valence-corrected chi connectivity index (χ2v) is 4.49. The van der Waals surface area contributed by atoms with Crippen molar-refractivity contribution < 1.29 is 5.11 Å². The van der Waals surface area contributed by atoms with E-state index in [1.165, 1.54) is 0 Å².